The Morgan fingerprint density at radius 1 is 1.29 bits per heavy atom. The van der Waals surface area contributed by atoms with E-state index in [4.69, 9.17) is 4.74 Å². The first kappa shape index (κ1) is 12.1. The predicted molar refractivity (Wildman–Crippen MR) is 74.1 cm³/mol. The fraction of sp³-hybridized carbons (Fsp3) is 0.286. The molecule has 0 N–H and O–H groups in total. The molecule has 0 aromatic heterocycles. The maximum atomic E-state index is 5.14. The number of thioether (sulfide) groups is 1. The van der Waals surface area contributed by atoms with Gasteiger partial charge in [-0.25, -0.2) is 0 Å². The Morgan fingerprint density at radius 2 is 2.06 bits per heavy atom. The van der Waals surface area contributed by atoms with Gasteiger partial charge in [0.15, 0.2) is 0 Å². The van der Waals surface area contributed by atoms with E-state index in [0.29, 0.717) is 0 Å². The van der Waals surface area contributed by atoms with Gasteiger partial charge in [-0.05, 0) is 23.8 Å². The zero-order valence-corrected chi connectivity index (χ0v) is 11.0. The lowest BCUT2D eigenvalue weighted by atomic mass is 10.2. The maximum absolute atomic E-state index is 5.14. The van der Waals surface area contributed by atoms with Crippen LogP contribution in [0.25, 0.3) is 0 Å². The molecule has 0 saturated heterocycles. The van der Waals surface area contributed by atoms with E-state index < -0.39 is 0 Å². The molecule has 2 rings (SSSR count). The largest absolute Gasteiger partial charge is 0.497 e. The van der Waals surface area contributed by atoms with Crippen LogP contribution in [0.2, 0.25) is 0 Å². The van der Waals surface area contributed by atoms with Gasteiger partial charge in [-0.15, -0.1) is 11.8 Å². The maximum Gasteiger partial charge on any atom is 0.118 e. The molecule has 0 spiro atoms. The summed E-state index contributed by atoms with van der Waals surface area (Å²) in [6.45, 7) is 1.00. The summed E-state index contributed by atoms with van der Waals surface area (Å²) in [5, 5.41) is 0. The summed E-state index contributed by atoms with van der Waals surface area (Å²) in [4.78, 5) is 3.51. The third-order valence-electron chi connectivity index (χ3n) is 2.64. The van der Waals surface area contributed by atoms with Gasteiger partial charge in [-0.2, -0.15) is 0 Å². The van der Waals surface area contributed by atoms with E-state index in [9.17, 15) is 0 Å². The highest BCUT2D eigenvalue weighted by atomic mass is 32.2. The summed E-state index contributed by atoms with van der Waals surface area (Å²) in [6.07, 6.45) is 6.54. The number of allylic oxidation sites excluding steroid dienone is 1. The number of rotatable bonds is 4. The second-order valence-electron chi connectivity index (χ2n) is 4.00. The Labute approximate surface area is 107 Å². The smallest absolute Gasteiger partial charge is 0.118 e. The molecular formula is C14H17NOS. The van der Waals surface area contributed by atoms with Crippen molar-refractivity contribution in [2.45, 2.75) is 5.75 Å². The van der Waals surface area contributed by atoms with Crippen LogP contribution in [0.4, 0.5) is 0 Å². The lowest BCUT2D eigenvalue weighted by molar-refractivity contribution is 0.414. The van der Waals surface area contributed by atoms with E-state index in [-0.39, 0.29) is 0 Å². The molecule has 0 saturated carbocycles. The van der Waals surface area contributed by atoms with Crippen LogP contribution in [-0.4, -0.2) is 25.6 Å². The Kier molecular flexibility index (Phi) is 4.15. The SMILES string of the molecule is COc1ccc(CSC2=CCN(C)C=C2)cc1. The van der Waals surface area contributed by atoms with Crippen LogP contribution >= 0.6 is 11.8 Å². The van der Waals surface area contributed by atoms with Gasteiger partial charge in [-0.3, -0.25) is 0 Å². The van der Waals surface area contributed by atoms with Crippen LogP contribution in [0.3, 0.4) is 0 Å². The molecule has 0 atom stereocenters. The van der Waals surface area contributed by atoms with E-state index in [2.05, 4.69) is 42.4 Å². The Hall–Kier alpha value is -1.35. The van der Waals surface area contributed by atoms with Gasteiger partial charge in [0.2, 0.25) is 0 Å². The van der Waals surface area contributed by atoms with Crippen molar-refractivity contribution in [3.63, 3.8) is 0 Å². The van der Waals surface area contributed by atoms with E-state index in [1.165, 1.54) is 10.5 Å². The molecule has 0 radical (unpaired) electrons. The Balaban J connectivity index is 1.87. The van der Waals surface area contributed by atoms with Crippen molar-refractivity contribution in [3.8, 4) is 5.75 Å². The average molecular weight is 247 g/mol. The zero-order chi connectivity index (χ0) is 12.1. The fourth-order valence-corrected chi connectivity index (χ4v) is 2.43. The topological polar surface area (TPSA) is 12.5 Å². The third kappa shape index (κ3) is 3.56. The average Bonchev–Trinajstić information content (AvgIpc) is 2.39. The number of ether oxygens (including phenoxy) is 1. The fourth-order valence-electron chi connectivity index (χ4n) is 1.56. The summed E-state index contributed by atoms with van der Waals surface area (Å²) in [7, 11) is 3.77. The summed E-state index contributed by atoms with van der Waals surface area (Å²) in [5.74, 6) is 1.92. The first-order chi connectivity index (χ1) is 8.28. The van der Waals surface area contributed by atoms with Gasteiger partial charge < -0.3 is 9.64 Å². The minimum atomic E-state index is 0.914. The molecule has 0 aliphatic carbocycles. The van der Waals surface area contributed by atoms with Gasteiger partial charge in [0.1, 0.15) is 5.75 Å². The highest BCUT2D eigenvalue weighted by molar-refractivity contribution is 8.02. The molecule has 0 unspecified atom stereocenters. The molecule has 0 bridgehead atoms. The standard InChI is InChI=1S/C14H17NOS/c1-15-9-7-14(8-10-15)17-11-12-3-5-13(16-2)6-4-12/h3-9H,10-11H2,1-2H3. The van der Waals surface area contributed by atoms with E-state index in [1.54, 1.807) is 7.11 Å². The number of hydrogen-bond acceptors (Lipinski definition) is 3. The van der Waals surface area contributed by atoms with E-state index >= 15 is 0 Å². The first-order valence-electron chi connectivity index (χ1n) is 5.62. The highest BCUT2D eigenvalue weighted by Gasteiger charge is 2.02. The summed E-state index contributed by atoms with van der Waals surface area (Å²) in [6, 6.07) is 8.25. The van der Waals surface area contributed by atoms with Crippen molar-refractivity contribution in [2.75, 3.05) is 20.7 Å². The molecule has 1 aromatic rings. The third-order valence-corrected chi connectivity index (χ3v) is 3.75. The minimum Gasteiger partial charge on any atom is -0.497 e. The number of nitrogens with zero attached hydrogens (tertiary/aromatic N) is 1. The molecule has 3 heteroatoms. The van der Waals surface area contributed by atoms with Crippen LogP contribution in [0.1, 0.15) is 5.56 Å². The molecule has 17 heavy (non-hydrogen) atoms. The molecule has 1 aliphatic heterocycles. The van der Waals surface area contributed by atoms with Crippen molar-refractivity contribution in [3.05, 3.63) is 53.1 Å². The molecule has 1 aliphatic rings. The number of methoxy groups -OCH3 is 1. The molecule has 2 nitrogen and oxygen atoms in total. The van der Waals surface area contributed by atoms with Crippen molar-refractivity contribution in [1.82, 2.24) is 4.90 Å². The monoisotopic (exact) mass is 247 g/mol. The quantitative estimate of drug-likeness (QED) is 0.810. The molecule has 1 heterocycles. The van der Waals surface area contributed by atoms with Crippen molar-refractivity contribution in [1.29, 1.82) is 0 Å². The van der Waals surface area contributed by atoms with Gasteiger partial charge in [0.25, 0.3) is 0 Å². The summed E-state index contributed by atoms with van der Waals surface area (Å²) < 4.78 is 5.14. The van der Waals surface area contributed by atoms with Crippen LogP contribution in [0.5, 0.6) is 5.75 Å². The normalized spacial score (nSPS) is 14.7. The molecule has 0 amide bonds. The Bertz CT molecular complexity index is 422. The lowest BCUT2D eigenvalue weighted by Gasteiger charge is -2.16. The minimum absolute atomic E-state index is 0.914. The lowest BCUT2D eigenvalue weighted by Crippen LogP contribution is -2.12. The van der Waals surface area contributed by atoms with Gasteiger partial charge in [-0.1, -0.05) is 18.2 Å². The zero-order valence-electron chi connectivity index (χ0n) is 10.2. The first-order valence-corrected chi connectivity index (χ1v) is 6.61. The van der Waals surface area contributed by atoms with Gasteiger partial charge >= 0.3 is 0 Å². The summed E-state index contributed by atoms with van der Waals surface area (Å²) in [5.41, 5.74) is 1.32. The Morgan fingerprint density at radius 3 is 2.65 bits per heavy atom. The molecule has 1 aromatic carbocycles. The van der Waals surface area contributed by atoms with Crippen molar-refractivity contribution in [2.24, 2.45) is 0 Å². The molecular weight excluding hydrogens is 230 g/mol. The number of hydrogen-bond donors (Lipinski definition) is 0. The van der Waals surface area contributed by atoms with Crippen molar-refractivity contribution < 1.29 is 4.74 Å². The second-order valence-corrected chi connectivity index (χ2v) is 5.05. The van der Waals surface area contributed by atoms with Crippen molar-refractivity contribution >= 4 is 11.8 Å². The van der Waals surface area contributed by atoms with Gasteiger partial charge in [0, 0.05) is 30.5 Å². The van der Waals surface area contributed by atoms with Crippen LogP contribution in [0, 0.1) is 0 Å². The van der Waals surface area contributed by atoms with E-state index in [0.717, 1.165) is 18.0 Å². The second kappa shape index (κ2) is 5.82. The van der Waals surface area contributed by atoms with Crippen LogP contribution < -0.4 is 4.74 Å². The highest BCUT2D eigenvalue weighted by Crippen LogP contribution is 2.25. The van der Waals surface area contributed by atoms with E-state index in [1.807, 2.05) is 23.9 Å². The number of benzene rings is 1. The molecule has 90 valence electrons. The van der Waals surface area contributed by atoms with Crippen LogP contribution in [0.15, 0.2) is 47.5 Å². The molecule has 0 fully saturated rings. The van der Waals surface area contributed by atoms with Crippen LogP contribution in [-0.2, 0) is 5.75 Å². The summed E-state index contributed by atoms with van der Waals surface area (Å²) >= 11 is 1.87. The predicted octanol–water partition coefficient (Wildman–Crippen LogP) is 3.27. The number of likely N-dealkylation sites (N-methyl/N-ethyl adjacent to an activating group) is 1. The van der Waals surface area contributed by atoms with Gasteiger partial charge in [0.05, 0.1) is 7.11 Å².